The van der Waals surface area contributed by atoms with Gasteiger partial charge >= 0.3 is 12.1 Å². The Morgan fingerprint density at radius 1 is 1.35 bits per heavy atom. The van der Waals surface area contributed by atoms with Crippen LogP contribution < -0.4 is 10.1 Å². The average Bonchev–Trinajstić information content (AvgIpc) is 2.44. The highest BCUT2D eigenvalue weighted by molar-refractivity contribution is 5.96. The summed E-state index contributed by atoms with van der Waals surface area (Å²) < 4.78 is 41.0. The summed E-state index contributed by atoms with van der Waals surface area (Å²) in [5, 5.41) is 11.4. The number of nitrogens with one attached hydrogen (secondary N) is 1. The Kier molecular flexibility index (Phi) is 5.94. The molecule has 0 aliphatic carbocycles. The van der Waals surface area contributed by atoms with Gasteiger partial charge < -0.3 is 15.2 Å². The molecule has 9 heteroatoms. The Morgan fingerprint density at radius 2 is 2.00 bits per heavy atom. The normalized spacial score (nSPS) is 11.9. The van der Waals surface area contributed by atoms with Crippen molar-refractivity contribution in [1.29, 1.82) is 0 Å². The van der Waals surface area contributed by atoms with Crippen LogP contribution in [0.15, 0.2) is 18.3 Å². The molecule has 0 unspecified atom stereocenters. The van der Waals surface area contributed by atoms with E-state index in [1.165, 1.54) is 32.2 Å². The van der Waals surface area contributed by atoms with Crippen LogP contribution >= 0.6 is 0 Å². The number of aromatic nitrogens is 1. The maximum Gasteiger partial charge on any atom is 0.422 e. The molecule has 0 bridgehead atoms. The van der Waals surface area contributed by atoms with E-state index in [1.54, 1.807) is 0 Å². The number of hydrogen-bond donors (Lipinski definition) is 2. The quantitative estimate of drug-likeness (QED) is 0.798. The molecule has 1 aromatic rings. The lowest BCUT2D eigenvalue weighted by Gasteiger charge is -2.19. The van der Waals surface area contributed by atoms with Crippen molar-refractivity contribution < 1.29 is 32.6 Å². The number of rotatable bonds is 7. The zero-order valence-corrected chi connectivity index (χ0v) is 12.6. The van der Waals surface area contributed by atoms with Crippen LogP contribution in [0.1, 0.15) is 30.6 Å². The minimum absolute atomic E-state index is 0.0474. The summed E-state index contributed by atoms with van der Waals surface area (Å²) >= 11 is 0. The fourth-order valence-corrected chi connectivity index (χ4v) is 1.52. The molecule has 128 valence electrons. The lowest BCUT2D eigenvalue weighted by molar-refractivity contribution is -0.154. The summed E-state index contributed by atoms with van der Waals surface area (Å²) in [5.74, 6) is -2.13. The van der Waals surface area contributed by atoms with Crippen LogP contribution in [-0.4, -0.2) is 41.3 Å². The summed E-state index contributed by atoms with van der Waals surface area (Å²) in [5.41, 5.74) is -1.18. The third kappa shape index (κ3) is 6.13. The molecule has 6 nitrogen and oxygen atoms in total. The smallest absolute Gasteiger partial charge is 0.422 e. The van der Waals surface area contributed by atoms with Crippen molar-refractivity contribution in [3.63, 3.8) is 0 Å². The van der Waals surface area contributed by atoms with Gasteiger partial charge in [-0.3, -0.25) is 9.59 Å². The van der Waals surface area contributed by atoms with Gasteiger partial charge in [0.1, 0.15) is 5.56 Å². The number of carbonyl (C=O) groups is 2. The Labute approximate surface area is 130 Å². The van der Waals surface area contributed by atoms with Crippen molar-refractivity contribution in [3.05, 3.63) is 23.9 Å². The maximum atomic E-state index is 12.2. The van der Waals surface area contributed by atoms with E-state index in [0.29, 0.717) is 0 Å². The number of amides is 1. The first-order chi connectivity index (χ1) is 10.5. The van der Waals surface area contributed by atoms with E-state index in [2.05, 4.69) is 15.0 Å². The van der Waals surface area contributed by atoms with E-state index in [-0.39, 0.29) is 18.5 Å². The van der Waals surface area contributed by atoms with Crippen molar-refractivity contribution in [2.24, 2.45) is 5.41 Å². The number of nitrogens with zero attached hydrogens (tertiary/aromatic N) is 1. The molecule has 0 aliphatic heterocycles. The molecule has 1 rings (SSSR count). The van der Waals surface area contributed by atoms with Gasteiger partial charge in [-0.1, -0.05) is 0 Å². The second-order valence-corrected chi connectivity index (χ2v) is 5.45. The number of carboxylic acids is 1. The number of carboxylic acid groups (broad SMARTS) is 1. The molecule has 0 saturated carbocycles. The van der Waals surface area contributed by atoms with Gasteiger partial charge in [0.25, 0.3) is 5.91 Å². The Balaban J connectivity index is 2.68. The molecule has 23 heavy (non-hydrogen) atoms. The first kappa shape index (κ1) is 18.7. The molecule has 1 heterocycles. The molecular weight excluding hydrogens is 317 g/mol. The van der Waals surface area contributed by atoms with E-state index >= 15 is 0 Å². The summed E-state index contributed by atoms with van der Waals surface area (Å²) in [6.45, 7) is 1.49. The van der Waals surface area contributed by atoms with Gasteiger partial charge in [0.2, 0.25) is 5.88 Å². The van der Waals surface area contributed by atoms with Crippen molar-refractivity contribution in [1.82, 2.24) is 10.3 Å². The highest BCUT2D eigenvalue weighted by Crippen LogP contribution is 2.21. The van der Waals surface area contributed by atoms with Gasteiger partial charge in [-0.05, 0) is 32.4 Å². The average molecular weight is 334 g/mol. The monoisotopic (exact) mass is 334 g/mol. The second-order valence-electron chi connectivity index (χ2n) is 5.45. The summed E-state index contributed by atoms with van der Waals surface area (Å²) in [6, 6.07) is 2.66. The molecule has 0 spiro atoms. The van der Waals surface area contributed by atoms with Crippen LogP contribution in [0.2, 0.25) is 0 Å². The van der Waals surface area contributed by atoms with Crippen molar-refractivity contribution in [2.45, 2.75) is 26.4 Å². The topological polar surface area (TPSA) is 88.5 Å². The molecule has 1 amide bonds. The number of carbonyl (C=O) groups excluding carboxylic acids is 1. The van der Waals surface area contributed by atoms with E-state index in [9.17, 15) is 22.8 Å². The fourth-order valence-electron chi connectivity index (χ4n) is 1.52. The van der Waals surface area contributed by atoms with E-state index in [1.807, 2.05) is 0 Å². The molecule has 1 aromatic heterocycles. The molecule has 0 atom stereocenters. The first-order valence-electron chi connectivity index (χ1n) is 6.69. The SMILES string of the molecule is CC(C)(CCNC(=O)c1cccnc1OCC(F)(F)F)C(=O)O. The summed E-state index contributed by atoms with van der Waals surface area (Å²) in [6.07, 6.45) is -3.18. The minimum Gasteiger partial charge on any atom is -0.481 e. The molecule has 0 aliphatic rings. The van der Waals surface area contributed by atoms with Crippen LogP contribution in [0, 0.1) is 5.41 Å². The predicted molar refractivity (Wildman–Crippen MR) is 74.2 cm³/mol. The van der Waals surface area contributed by atoms with Crippen LogP contribution in [-0.2, 0) is 4.79 Å². The van der Waals surface area contributed by atoms with Gasteiger partial charge in [-0.15, -0.1) is 0 Å². The number of halogens is 3. The van der Waals surface area contributed by atoms with E-state index in [0.717, 1.165) is 0 Å². The fraction of sp³-hybridized carbons (Fsp3) is 0.500. The Bertz CT molecular complexity index is 573. The van der Waals surface area contributed by atoms with Gasteiger partial charge in [0, 0.05) is 12.7 Å². The predicted octanol–water partition coefficient (Wildman–Crippen LogP) is 2.25. The van der Waals surface area contributed by atoms with Crippen LogP contribution in [0.5, 0.6) is 5.88 Å². The lowest BCUT2D eigenvalue weighted by atomic mass is 9.90. The highest BCUT2D eigenvalue weighted by Gasteiger charge is 2.30. The number of hydrogen-bond acceptors (Lipinski definition) is 4. The molecule has 0 radical (unpaired) electrons. The van der Waals surface area contributed by atoms with E-state index < -0.39 is 36.0 Å². The summed E-state index contributed by atoms with van der Waals surface area (Å²) in [4.78, 5) is 26.5. The number of aliphatic carboxylic acids is 1. The second kappa shape index (κ2) is 7.30. The van der Waals surface area contributed by atoms with E-state index in [4.69, 9.17) is 5.11 Å². The van der Waals surface area contributed by atoms with Gasteiger partial charge in [-0.25, -0.2) is 4.98 Å². The molecule has 0 fully saturated rings. The molecule has 2 N–H and O–H groups in total. The highest BCUT2D eigenvalue weighted by atomic mass is 19.4. The zero-order valence-electron chi connectivity index (χ0n) is 12.6. The first-order valence-corrected chi connectivity index (χ1v) is 6.69. The van der Waals surface area contributed by atoms with Crippen molar-refractivity contribution in [2.75, 3.05) is 13.2 Å². The summed E-state index contributed by atoms with van der Waals surface area (Å²) in [7, 11) is 0. The number of ether oxygens (including phenoxy) is 1. The standard InChI is InChI=1S/C14H17F3N2O4/c1-13(2,12(21)22)5-7-18-10(20)9-4-3-6-19-11(9)23-8-14(15,16)17/h3-4,6H,5,7-8H2,1-2H3,(H,18,20)(H,21,22). The van der Waals surface area contributed by atoms with Gasteiger partial charge in [0.15, 0.2) is 6.61 Å². The maximum absolute atomic E-state index is 12.2. The van der Waals surface area contributed by atoms with Crippen LogP contribution in [0.4, 0.5) is 13.2 Å². The van der Waals surface area contributed by atoms with Gasteiger partial charge in [-0.2, -0.15) is 13.2 Å². The largest absolute Gasteiger partial charge is 0.481 e. The molecular formula is C14H17F3N2O4. The number of alkyl halides is 3. The van der Waals surface area contributed by atoms with Crippen LogP contribution in [0.25, 0.3) is 0 Å². The third-order valence-corrected chi connectivity index (χ3v) is 3.00. The Hall–Kier alpha value is -2.32. The lowest BCUT2D eigenvalue weighted by Crippen LogP contribution is -2.32. The van der Waals surface area contributed by atoms with Crippen molar-refractivity contribution >= 4 is 11.9 Å². The van der Waals surface area contributed by atoms with Gasteiger partial charge in [0.05, 0.1) is 5.41 Å². The minimum atomic E-state index is -4.54. The zero-order chi connectivity index (χ0) is 17.7. The molecule has 0 aromatic carbocycles. The third-order valence-electron chi connectivity index (χ3n) is 3.00. The number of pyridine rings is 1. The van der Waals surface area contributed by atoms with Crippen LogP contribution in [0.3, 0.4) is 0 Å². The molecule has 0 saturated heterocycles. The Morgan fingerprint density at radius 3 is 2.57 bits per heavy atom. The van der Waals surface area contributed by atoms with Crippen molar-refractivity contribution in [3.8, 4) is 5.88 Å².